The molecule has 5 nitrogen and oxygen atoms in total. The molecule has 0 bridgehead atoms. The van der Waals surface area contributed by atoms with Gasteiger partial charge in [-0.1, -0.05) is 0 Å². The highest BCUT2D eigenvalue weighted by Gasteiger charge is 2.26. The van der Waals surface area contributed by atoms with Crippen LogP contribution in [0.1, 0.15) is 6.42 Å². The van der Waals surface area contributed by atoms with E-state index >= 15 is 0 Å². The van der Waals surface area contributed by atoms with E-state index in [1.54, 1.807) is 13.3 Å². The first-order valence-electron chi connectivity index (χ1n) is 4.09. The van der Waals surface area contributed by atoms with Gasteiger partial charge < -0.3 is 4.74 Å². The second-order valence-corrected chi connectivity index (χ2v) is 3.67. The topological polar surface area (TPSA) is 54.8 Å². The van der Waals surface area contributed by atoms with E-state index < -0.39 is 0 Å². The smallest absolute Gasteiger partial charge is 0.255 e. The van der Waals surface area contributed by atoms with Crippen LogP contribution in [0.5, 0.6) is 0 Å². The van der Waals surface area contributed by atoms with Crippen LogP contribution >= 0.6 is 11.3 Å². The number of hydrogen-bond donors (Lipinski definition) is 0. The van der Waals surface area contributed by atoms with Crippen LogP contribution in [0.25, 0.3) is 0 Å². The molecular formula is C8H9N3O2S. The summed E-state index contributed by atoms with van der Waals surface area (Å²) in [5.74, 6) is -0.0491. The molecule has 1 aliphatic heterocycles. The maximum absolute atomic E-state index is 11.5. The number of anilines is 1. The van der Waals surface area contributed by atoms with Crippen molar-refractivity contribution >= 4 is 28.1 Å². The first kappa shape index (κ1) is 9.29. The van der Waals surface area contributed by atoms with E-state index in [4.69, 9.17) is 4.74 Å². The lowest BCUT2D eigenvalue weighted by atomic mass is 10.3. The molecule has 1 amide bonds. The maximum Gasteiger partial charge on any atom is 0.255 e. The molecule has 74 valence electrons. The Labute approximate surface area is 85.0 Å². The molecule has 1 aromatic heterocycles. The van der Waals surface area contributed by atoms with Gasteiger partial charge in [-0.15, -0.1) is 11.3 Å². The number of amides is 1. The van der Waals surface area contributed by atoms with E-state index in [0.717, 1.165) is 5.71 Å². The Kier molecular flexibility index (Phi) is 2.55. The highest BCUT2D eigenvalue weighted by molar-refractivity contribution is 7.13. The summed E-state index contributed by atoms with van der Waals surface area (Å²) in [4.78, 5) is 15.5. The Hall–Kier alpha value is -1.27. The van der Waals surface area contributed by atoms with Crippen LogP contribution in [0.4, 0.5) is 5.13 Å². The van der Waals surface area contributed by atoms with Crippen molar-refractivity contribution in [3.63, 3.8) is 0 Å². The fourth-order valence-electron chi connectivity index (χ4n) is 1.20. The summed E-state index contributed by atoms with van der Waals surface area (Å²) in [6.45, 7) is 0.396. The molecule has 0 spiro atoms. The standard InChI is InChI=1S/C8H9N3O2S/c1-13-5-6-4-7(12)11(10-6)8-9-2-3-14-8/h2-3H,4-5H2,1H3. The van der Waals surface area contributed by atoms with Gasteiger partial charge in [-0.2, -0.15) is 10.1 Å². The minimum Gasteiger partial charge on any atom is -0.379 e. The lowest BCUT2D eigenvalue weighted by Crippen LogP contribution is -2.19. The number of methoxy groups -OCH3 is 1. The Morgan fingerprint density at radius 3 is 3.21 bits per heavy atom. The Balaban J connectivity index is 2.17. The number of nitrogens with zero attached hydrogens (tertiary/aromatic N) is 3. The fraction of sp³-hybridized carbons (Fsp3) is 0.375. The molecule has 0 saturated carbocycles. The molecule has 6 heteroatoms. The van der Waals surface area contributed by atoms with Crippen LogP contribution in [0.15, 0.2) is 16.7 Å². The van der Waals surface area contributed by atoms with Crippen molar-refractivity contribution in [1.29, 1.82) is 0 Å². The van der Waals surface area contributed by atoms with Gasteiger partial charge in [0, 0.05) is 18.7 Å². The Morgan fingerprint density at radius 1 is 1.71 bits per heavy atom. The molecule has 2 rings (SSSR count). The van der Waals surface area contributed by atoms with E-state index in [9.17, 15) is 4.79 Å². The molecule has 0 fully saturated rings. The zero-order valence-electron chi connectivity index (χ0n) is 7.64. The Morgan fingerprint density at radius 2 is 2.57 bits per heavy atom. The second kappa shape index (κ2) is 3.85. The van der Waals surface area contributed by atoms with Gasteiger partial charge in [0.2, 0.25) is 5.13 Å². The highest BCUT2D eigenvalue weighted by atomic mass is 32.1. The largest absolute Gasteiger partial charge is 0.379 e. The van der Waals surface area contributed by atoms with E-state index in [2.05, 4.69) is 10.1 Å². The van der Waals surface area contributed by atoms with Crippen molar-refractivity contribution in [2.24, 2.45) is 5.10 Å². The van der Waals surface area contributed by atoms with Crippen LogP contribution < -0.4 is 5.01 Å². The predicted octanol–water partition coefficient (Wildman–Crippen LogP) is 0.882. The summed E-state index contributed by atoms with van der Waals surface area (Å²) in [5.41, 5.74) is 0.743. The monoisotopic (exact) mass is 211 g/mol. The highest BCUT2D eigenvalue weighted by Crippen LogP contribution is 2.22. The molecule has 2 heterocycles. The van der Waals surface area contributed by atoms with Gasteiger partial charge in [0.25, 0.3) is 5.91 Å². The van der Waals surface area contributed by atoms with Crippen molar-refractivity contribution in [3.8, 4) is 0 Å². The lowest BCUT2D eigenvalue weighted by Gasteiger charge is -2.05. The summed E-state index contributed by atoms with van der Waals surface area (Å²) < 4.78 is 4.91. The predicted molar refractivity (Wildman–Crippen MR) is 53.5 cm³/mol. The zero-order chi connectivity index (χ0) is 9.97. The van der Waals surface area contributed by atoms with Gasteiger partial charge in [0.05, 0.1) is 18.7 Å². The van der Waals surface area contributed by atoms with Crippen LogP contribution in [-0.4, -0.2) is 30.3 Å². The Bertz CT molecular complexity index is 361. The van der Waals surface area contributed by atoms with E-state index in [0.29, 0.717) is 18.2 Å². The van der Waals surface area contributed by atoms with Crippen molar-refractivity contribution in [2.45, 2.75) is 6.42 Å². The molecule has 14 heavy (non-hydrogen) atoms. The summed E-state index contributed by atoms with van der Waals surface area (Å²) in [5, 5.41) is 7.88. The number of carbonyl (C=O) groups is 1. The summed E-state index contributed by atoms with van der Waals surface area (Å²) in [6.07, 6.45) is 1.98. The zero-order valence-corrected chi connectivity index (χ0v) is 8.45. The van der Waals surface area contributed by atoms with Crippen molar-refractivity contribution < 1.29 is 9.53 Å². The number of ether oxygens (including phenoxy) is 1. The average Bonchev–Trinajstić information content (AvgIpc) is 2.74. The number of carbonyl (C=O) groups excluding carboxylic acids is 1. The van der Waals surface area contributed by atoms with Crippen molar-refractivity contribution in [1.82, 2.24) is 4.98 Å². The third-order valence-electron chi connectivity index (χ3n) is 1.74. The van der Waals surface area contributed by atoms with E-state index in [1.165, 1.54) is 16.3 Å². The van der Waals surface area contributed by atoms with Gasteiger partial charge in [-0.3, -0.25) is 4.79 Å². The summed E-state index contributed by atoms with van der Waals surface area (Å²) >= 11 is 1.39. The molecule has 1 aromatic rings. The van der Waals surface area contributed by atoms with Gasteiger partial charge in [-0.25, -0.2) is 4.98 Å². The molecule has 0 aromatic carbocycles. The third-order valence-corrected chi connectivity index (χ3v) is 2.49. The molecule has 1 aliphatic rings. The van der Waals surface area contributed by atoms with Gasteiger partial charge in [-0.05, 0) is 0 Å². The number of thiazole rings is 1. The lowest BCUT2D eigenvalue weighted by molar-refractivity contribution is -0.116. The summed E-state index contributed by atoms with van der Waals surface area (Å²) in [7, 11) is 1.58. The molecule has 0 radical (unpaired) electrons. The fourth-order valence-corrected chi connectivity index (χ4v) is 1.81. The number of aromatic nitrogens is 1. The first-order valence-corrected chi connectivity index (χ1v) is 4.97. The van der Waals surface area contributed by atoms with Crippen molar-refractivity contribution in [3.05, 3.63) is 11.6 Å². The maximum atomic E-state index is 11.5. The molecule has 0 atom stereocenters. The third kappa shape index (κ3) is 1.66. The molecule has 0 aliphatic carbocycles. The number of rotatable bonds is 3. The van der Waals surface area contributed by atoms with E-state index in [1.807, 2.05) is 5.38 Å². The molecule has 0 N–H and O–H groups in total. The van der Waals surface area contributed by atoms with Gasteiger partial charge in [0.1, 0.15) is 0 Å². The average molecular weight is 211 g/mol. The normalized spacial score (nSPS) is 16.2. The number of hydrogen-bond acceptors (Lipinski definition) is 5. The summed E-state index contributed by atoms with van der Waals surface area (Å²) in [6, 6.07) is 0. The van der Waals surface area contributed by atoms with Crippen LogP contribution in [0.3, 0.4) is 0 Å². The van der Waals surface area contributed by atoms with Gasteiger partial charge >= 0.3 is 0 Å². The van der Waals surface area contributed by atoms with Crippen molar-refractivity contribution in [2.75, 3.05) is 18.7 Å². The SMILES string of the molecule is COCC1=NN(c2nccs2)C(=O)C1. The molecular weight excluding hydrogens is 202 g/mol. The van der Waals surface area contributed by atoms with Gasteiger partial charge in [0.15, 0.2) is 0 Å². The minimum absolute atomic E-state index is 0.0491. The molecule has 0 saturated heterocycles. The minimum atomic E-state index is -0.0491. The second-order valence-electron chi connectivity index (χ2n) is 2.80. The van der Waals surface area contributed by atoms with Crippen LogP contribution in [0.2, 0.25) is 0 Å². The van der Waals surface area contributed by atoms with Crippen LogP contribution in [-0.2, 0) is 9.53 Å². The van der Waals surface area contributed by atoms with Crippen LogP contribution in [0, 0.1) is 0 Å². The first-order chi connectivity index (χ1) is 6.81. The quantitative estimate of drug-likeness (QED) is 0.745. The van der Waals surface area contributed by atoms with E-state index in [-0.39, 0.29) is 5.91 Å². The number of hydrazone groups is 1. The molecule has 0 unspecified atom stereocenters.